The molecule has 0 fully saturated rings. The van der Waals surface area contributed by atoms with Crippen molar-refractivity contribution in [3.63, 3.8) is 0 Å². The van der Waals surface area contributed by atoms with Crippen LogP contribution in [0.25, 0.3) is 77.2 Å². The van der Waals surface area contributed by atoms with Crippen LogP contribution >= 0.6 is 0 Å². The van der Waals surface area contributed by atoms with Crippen molar-refractivity contribution in [1.82, 2.24) is 9.13 Å². The maximum atomic E-state index is 10.4. The average Bonchev–Trinajstić information content (AvgIpc) is 3.67. The fraction of sp³-hybridized carbons (Fsp3) is 0. The lowest BCUT2D eigenvalue weighted by Crippen LogP contribution is -1.99. The van der Waals surface area contributed by atoms with E-state index in [4.69, 9.17) is 0 Å². The minimum absolute atomic E-state index is 0.603. The van der Waals surface area contributed by atoms with E-state index in [-0.39, 0.29) is 0 Å². The first-order chi connectivity index (χ1) is 23.7. The van der Waals surface area contributed by atoms with Crippen molar-refractivity contribution < 1.29 is 0 Å². The quantitative estimate of drug-likeness (QED) is 0.199. The van der Waals surface area contributed by atoms with Crippen LogP contribution in [0.3, 0.4) is 0 Å². The van der Waals surface area contributed by atoms with E-state index in [9.17, 15) is 10.5 Å². The van der Waals surface area contributed by atoms with E-state index in [1.807, 2.05) is 36.4 Å². The van der Waals surface area contributed by atoms with Crippen molar-refractivity contribution in [3.8, 4) is 45.8 Å². The molecule has 0 unspecified atom stereocenters. The van der Waals surface area contributed by atoms with E-state index in [0.29, 0.717) is 11.1 Å². The monoisotopic (exact) mass is 610 g/mol. The SMILES string of the molecule is N#Cc1ccc(-c2cccc(-c3ccc(-n4c5ccccc5c5ccccc54)c(C#N)c3)c2)c(-n2c3ccccc3c3ccccc32)c1. The minimum Gasteiger partial charge on any atom is -0.309 e. The largest absolute Gasteiger partial charge is 0.309 e. The van der Waals surface area contributed by atoms with Crippen LogP contribution < -0.4 is 0 Å². The van der Waals surface area contributed by atoms with Crippen LogP contribution in [0.15, 0.2) is 158 Å². The molecule has 0 aliphatic heterocycles. The first kappa shape index (κ1) is 27.4. The third-order valence-corrected chi connectivity index (χ3v) is 9.39. The van der Waals surface area contributed by atoms with Gasteiger partial charge in [0.05, 0.1) is 50.6 Å². The van der Waals surface area contributed by atoms with Gasteiger partial charge in [0.15, 0.2) is 0 Å². The zero-order valence-corrected chi connectivity index (χ0v) is 25.8. The van der Waals surface area contributed by atoms with E-state index in [2.05, 4.69) is 143 Å². The summed E-state index contributed by atoms with van der Waals surface area (Å²) < 4.78 is 4.46. The van der Waals surface area contributed by atoms with Gasteiger partial charge < -0.3 is 9.13 Å². The highest BCUT2D eigenvalue weighted by molar-refractivity contribution is 6.10. The van der Waals surface area contributed by atoms with Gasteiger partial charge in [0.25, 0.3) is 0 Å². The Morgan fingerprint density at radius 2 is 0.875 bits per heavy atom. The van der Waals surface area contributed by atoms with E-state index in [0.717, 1.165) is 66.5 Å². The van der Waals surface area contributed by atoms with Crippen molar-refractivity contribution in [1.29, 1.82) is 10.5 Å². The molecule has 9 aromatic rings. The van der Waals surface area contributed by atoms with Crippen LogP contribution in [0.2, 0.25) is 0 Å². The van der Waals surface area contributed by atoms with Crippen molar-refractivity contribution in [3.05, 3.63) is 169 Å². The zero-order chi connectivity index (χ0) is 32.2. The molecule has 0 amide bonds. The summed E-state index contributed by atoms with van der Waals surface area (Å²) in [4.78, 5) is 0. The molecule has 0 saturated carbocycles. The molecule has 0 atom stereocenters. The molecule has 48 heavy (non-hydrogen) atoms. The third kappa shape index (κ3) is 4.14. The van der Waals surface area contributed by atoms with E-state index in [1.165, 1.54) is 10.8 Å². The second-order valence-electron chi connectivity index (χ2n) is 12.0. The number of rotatable bonds is 4. The summed E-state index contributed by atoms with van der Waals surface area (Å²) in [6.07, 6.45) is 0. The molecule has 9 rings (SSSR count). The van der Waals surface area contributed by atoms with Gasteiger partial charge >= 0.3 is 0 Å². The fourth-order valence-corrected chi connectivity index (χ4v) is 7.26. The second kappa shape index (κ2) is 10.9. The van der Waals surface area contributed by atoms with Crippen LogP contribution in [-0.4, -0.2) is 9.13 Å². The molecule has 0 saturated heterocycles. The standard InChI is InChI=1S/C44H26N4/c45-27-29-20-22-34(44(24-29)48-42-18-7-3-14-37(42)38-15-4-8-19-43(38)48)32-11-9-10-30(25-32)31-21-23-39(33(26-31)28-46)47-40-16-5-1-12-35(40)36-13-2-6-17-41(36)47/h1-26H. The second-order valence-corrected chi connectivity index (χ2v) is 12.0. The molecule has 2 aromatic heterocycles. The molecule has 0 bridgehead atoms. The molecular weight excluding hydrogens is 585 g/mol. The molecular formula is C44H26N4. The van der Waals surface area contributed by atoms with Crippen molar-refractivity contribution in [2.24, 2.45) is 0 Å². The van der Waals surface area contributed by atoms with Gasteiger partial charge in [-0.3, -0.25) is 0 Å². The molecule has 0 N–H and O–H groups in total. The maximum Gasteiger partial charge on any atom is 0.101 e. The Morgan fingerprint density at radius 3 is 1.42 bits per heavy atom. The van der Waals surface area contributed by atoms with Gasteiger partial charge in [-0.05, 0) is 71.3 Å². The van der Waals surface area contributed by atoms with Gasteiger partial charge in [-0.15, -0.1) is 0 Å². The Balaban J connectivity index is 1.21. The molecule has 0 spiro atoms. The molecule has 222 valence electrons. The Morgan fingerprint density at radius 1 is 0.375 bits per heavy atom. The summed E-state index contributed by atoms with van der Waals surface area (Å²) in [5, 5.41) is 25.0. The fourth-order valence-electron chi connectivity index (χ4n) is 7.26. The molecule has 2 heterocycles. The third-order valence-electron chi connectivity index (χ3n) is 9.39. The lowest BCUT2D eigenvalue weighted by atomic mass is 9.96. The predicted octanol–water partition coefficient (Wildman–Crippen LogP) is 11.0. The predicted molar refractivity (Wildman–Crippen MR) is 195 cm³/mol. The molecule has 7 aromatic carbocycles. The summed E-state index contributed by atoms with van der Waals surface area (Å²) in [6.45, 7) is 0. The number of hydrogen-bond acceptors (Lipinski definition) is 2. The number of aromatic nitrogens is 2. The highest BCUT2D eigenvalue weighted by Gasteiger charge is 2.18. The van der Waals surface area contributed by atoms with Gasteiger partial charge in [0, 0.05) is 27.1 Å². The first-order valence-corrected chi connectivity index (χ1v) is 15.9. The van der Waals surface area contributed by atoms with Crippen LogP contribution in [0.1, 0.15) is 11.1 Å². The molecule has 4 nitrogen and oxygen atoms in total. The summed E-state index contributed by atoms with van der Waals surface area (Å²) in [7, 11) is 0. The van der Waals surface area contributed by atoms with E-state index >= 15 is 0 Å². The van der Waals surface area contributed by atoms with E-state index in [1.54, 1.807) is 0 Å². The Kier molecular flexibility index (Phi) is 6.22. The Labute approximate surface area is 277 Å². The number of nitrogens with zero attached hydrogens (tertiary/aromatic N) is 4. The van der Waals surface area contributed by atoms with Gasteiger partial charge in [-0.2, -0.15) is 10.5 Å². The van der Waals surface area contributed by atoms with Gasteiger partial charge in [0.1, 0.15) is 6.07 Å². The number of fused-ring (bicyclic) bond motifs is 6. The molecule has 0 aliphatic rings. The zero-order valence-electron chi connectivity index (χ0n) is 25.8. The average molecular weight is 611 g/mol. The van der Waals surface area contributed by atoms with Gasteiger partial charge in [-0.25, -0.2) is 0 Å². The number of benzene rings is 7. The Bertz CT molecular complexity index is 2710. The Hall–Kier alpha value is -6.88. The van der Waals surface area contributed by atoms with E-state index < -0.39 is 0 Å². The lowest BCUT2D eigenvalue weighted by Gasteiger charge is -2.16. The van der Waals surface area contributed by atoms with Crippen LogP contribution in [0, 0.1) is 22.7 Å². The minimum atomic E-state index is 0.603. The topological polar surface area (TPSA) is 57.4 Å². The highest BCUT2D eigenvalue weighted by Crippen LogP contribution is 2.39. The summed E-state index contributed by atoms with van der Waals surface area (Å²) in [6, 6.07) is 58.8. The number of nitriles is 2. The highest BCUT2D eigenvalue weighted by atomic mass is 15.0. The first-order valence-electron chi connectivity index (χ1n) is 15.9. The number of para-hydroxylation sites is 4. The number of hydrogen-bond donors (Lipinski definition) is 0. The molecule has 0 aliphatic carbocycles. The molecule has 4 heteroatoms. The normalized spacial score (nSPS) is 11.3. The van der Waals surface area contributed by atoms with Crippen LogP contribution in [-0.2, 0) is 0 Å². The van der Waals surface area contributed by atoms with Crippen LogP contribution in [0.5, 0.6) is 0 Å². The summed E-state index contributed by atoms with van der Waals surface area (Å²) in [5.74, 6) is 0. The lowest BCUT2D eigenvalue weighted by molar-refractivity contribution is 1.17. The van der Waals surface area contributed by atoms with Gasteiger partial charge in [-0.1, -0.05) is 103 Å². The van der Waals surface area contributed by atoms with Gasteiger partial charge in [0.2, 0.25) is 0 Å². The van der Waals surface area contributed by atoms with Crippen LogP contribution in [0.4, 0.5) is 0 Å². The van der Waals surface area contributed by atoms with Crippen molar-refractivity contribution in [2.45, 2.75) is 0 Å². The maximum absolute atomic E-state index is 10.4. The summed E-state index contributed by atoms with van der Waals surface area (Å²) >= 11 is 0. The smallest absolute Gasteiger partial charge is 0.101 e. The van der Waals surface area contributed by atoms with Crippen molar-refractivity contribution in [2.75, 3.05) is 0 Å². The molecule has 0 radical (unpaired) electrons. The van der Waals surface area contributed by atoms with Crippen molar-refractivity contribution >= 4 is 43.6 Å². The summed E-state index contributed by atoms with van der Waals surface area (Å²) in [5.41, 5.74) is 11.4.